The maximum absolute atomic E-state index is 12.8. The lowest BCUT2D eigenvalue weighted by Gasteiger charge is -2.27. The lowest BCUT2D eigenvalue weighted by atomic mass is 9.93. The molecule has 1 aliphatic carbocycles. The Balaban J connectivity index is 1.65. The Hall–Kier alpha value is -2.60. The van der Waals surface area contributed by atoms with Gasteiger partial charge in [0, 0.05) is 19.2 Å². The fourth-order valence-corrected chi connectivity index (χ4v) is 3.63. The largest absolute Gasteiger partial charge is 0.454 e. The van der Waals surface area contributed by atoms with E-state index < -0.39 is 0 Å². The van der Waals surface area contributed by atoms with E-state index in [1.807, 2.05) is 25.1 Å². The Morgan fingerprint density at radius 3 is 2.81 bits per heavy atom. The van der Waals surface area contributed by atoms with Crippen molar-refractivity contribution in [3.8, 4) is 11.5 Å². The summed E-state index contributed by atoms with van der Waals surface area (Å²) in [5.74, 6) is 1.83. The molecule has 2 N–H and O–H groups in total. The minimum Gasteiger partial charge on any atom is -0.454 e. The number of benzene rings is 1. The molecule has 0 atom stereocenters. The number of hydrogen-bond acceptors (Lipinski definition) is 5. The minimum absolute atomic E-state index is 0.105. The summed E-state index contributed by atoms with van der Waals surface area (Å²) in [4.78, 5) is 18.8. The van der Waals surface area contributed by atoms with Crippen LogP contribution in [0.5, 0.6) is 11.5 Å². The fraction of sp³-hybridized carbons (Fsp3) is 0.400. The number of aliphatic hydroxyl groups excluding tert-OH is 1. The van der Waals surface area contributed by atoms with Gasteiger partial charge in [0.15, 0.2) is 5.75 Å². The van der Waals surface area contributed by atoms with Crippen LogP contribution >= 0.6 is 0 Å². The number of carbonyl (C=O) groups excluding carboxylic acids is 1. The topological polar surface area (TPSA) is 74.7 Å². The lowest BCUT2D eigenvalue weighted by Crippen LogP contribution is -2.28. The molecule has 26 heavy (non-hydrogen) atoms. The van der Waals surface area contributed by atoms with Gasteiger partial charge in [-0.15, -0.1) is 0 Å². The first-order chi connectivity index (χ1) is 12.5. The molecule has 1 aliphatic heterocycles. The summed E-state index contributed by atoms with van der Waals surface area (Å²) in [6, 6.07) is 7.73. The zero-order chi connectivity index (χ0) is 18.3. The van der Waals surface area contributed by atoms with Crippen LogP contribution in [-0.2, 0) is 0 Å². The van der Waals surface area contributed by atoms with E-state index in [9.17, 15) is 9.90 Å². The number of ether oxygens (including phenoxy) is 1. The third kappa shape index (κ3) is 3.01. The molecule has 1 fully saturated rings. The molecule has 1 amide bonds. The number of rotatable bonds is 2. The number of fused-ring (bicyclic) bond motifs is 2. The number of para-hydroxylation sites is 1. The van der Waals surface area contributed by atoms with Crippen molar-refractivity contribution in [2.24, 2.45) is 0 Å². The van der Waals surface area contributed by atoms with Crippen molar-refractivity contribution in [3.63, 3.8) is 0 Å². The van der Waals surface area contributed by atoms with Crippen molar-refractivity contribution >= 4 is 17.4 Å². The van der Waals surface area contributed by atoms with E-state index >= 15 is 0 Å². The predicted molar refractivity (Wildman–Crippen MR) is 100 cm³/mol. The highest BCUT2D eigenvalue weighted by Crippen LogP contribution is 2.40. The molecule has 0 spiro atoms. The van der Waals surface area contributed by atoms with Gasteiger partial charge in [-0.1, -0.05) is 12.1 Å². The van der Waals surface area contributed by atoms with Crippen LogP contribution in [0.3, 0.4) is 0 Å². The third-order valence-electron chi connectivity index (χ3n) is 5.22. The molecule has 2 heterocycles. The van der Waals surface area contributed by atoms with E-state index in [-0.39, 0.29) is 12.0 Å². The molecule has 136 valence electrons. The minimum atomic E-state index is -0.185. The first-order valence-corrected chi connectivity index (χ1v) is 9.03. The van der Waals surface area contributed by atoms with E-state index in [0.29, 0.717) is 28.8 Å². The number of aromatic nitrogens is 1. The Bertz CT molecular complexity index is 844. The maximum Gasteiger partial charge on any atom is 0.261 e. The molecule has 0 radical (unpaired) electrons. The molecule has 6 nitrogen and oxygen atoms in total. The molecule has 2 aromatic rings. The van der Waals surface area contributed by atoms with Crippen molar-refractivity contribution in [2.45, 2.75) is 44.8 Å². The van der Waals surface area contributed by atoms with Crippen molar-refractivity contribution in [1.29, 1.82) is 0 Å². The van der Waals surface area contributed by atoms with Crippen LogP contribution in [0.4, 0.5) is 11.5 Å². The van der Waals surface area contributed by atoms with Crippen LogP contribution in [0.25, 0.3) is 0 Å². The van der Waals surface area contributed by atoms with E-state index in [0.717, 1.165) is 37.1 Å². The summed E-state index contributed by atoms with van der Waals surface area (Å²) >= 11 is 0. The average molecular weight is 353 g/mol. The highest BCUT2D eigenvalue weighted by Gasteiger charge is 2.27. The van der Waals surface area contributed by atoms with Crippen molar-refractivity contribution in [3.05, 3.63) is 41.6 Å². The predicted octanol–water partition coefficient (Wildman–Crippen LogP) is 3.49. The van der Waals surface area contributed by atoms with E-state index in [4.69, 9.17) is 4.74 Å². The quantitative estimate of drug-likeness (QED) is 0.864. The van der Waals surface area contributed by atoms with Gasteiger partial charge in [0.05, 0.1) is 17.9 Å². The third-order valence-corrected chi connectivity index (χ3v) is 5.22. The van der Waals surface area contributed by atoms with Gasteiger partial charge >= 0.3 is 0 Å². The van der Waals surface area contributed by atoms with Crippen LogP contribution in [0, 0.1) is 6.92 Å². The Morgan fingerprint density at radius 1 is 1.27 bits per heavy atom. The van der Waals surface area contributed by atoms with Crippen LogP contribution in [0.2, 0.25) is 0 Å². The number of aliphatic hydroxyl groups is 1. The number of nitrogens with zero attached hydrogens (tertiary/aromatic N) is 2. The number of nitrogens with one attached hydrogen (secondary N) is 1. The maximum atomic E-state index is 12.8. The zero-order valence-corrected chi connectivity index (χ0v) is 15.0. The summed E-state index contributed by atoms with van der Waals surface area (Å²) in [5, 5.41) is 13.1. The highest BCUT2D eigenvalue weighted by atomic mass is 16.5. The number of pyridine rings is 1. The summed E-state index contributed by atoms with van der Waals surface area (Å²) < 4.78 is 6.14. The molecule has 0 unspecified atom stereocenters. The van der Waals surface area contributed by atoms with Gasteiger partial charge < -0.3 is 20.1 Å². The molecular weight excluding hydrogens is 330 g/mol. The Kier molecular flexibility index (Phi) is 4.28. The van der Waals surface area contributed by atoms with Gasteiger partial charge in [-0.3, -0.25) is 4.79 Å². The summed E-state index contributed by atoms with van der Waals surface area (Å²) in [7, 11) is 1.74. The molecule has 0 bridgehead atoms. The number of anilines is 2. The Morgan fingerprint density at radius 2 is 2.04 bits per heavy atom. The van der Waals surface area contributed by atoms with Gasteiger partial charge in [0.25, 0.3) is 5.91 Å². The van der Waals surface area contributed by atoms with Crippen molar-refractivity contribution in [2.75, 3.05) is 17.3 Å². The molecule has 6 heteroatoms. The molecule has 1 saturated carbocycles. The highest BCUT2D eigenvalue weighted by molar-refractivity contribution is 6.09. The fourth-order valence-electron chi connectivity index (χ4n) is 3.63. The molecule has 0 saturated heterocycles. The second-order valence-electron chi connectivity index (χ2n) is 7.10. The second kappa shape index (κ2) is 6.61. The summed E-state index contributed by atoms with van der Waals surface area (Å²) in [5.41, 5.74) is 2.12. The average Bonchev–Trinajstić information content (AvgIpc) is 2.74. The van der Waals surface area contributed by atoms with E-state index in [2.05, 4.69) is 10.3 Å². The first-order valence-electron chi connectivity index (χ1n) is 9.03. The van der Waals surface area contributed by atoms with E-state index in [1.54, 1.807) is 24.2 Å². The summed E-state index contributed by atoms with van der Waals surface area (Å²) in [6.45, 7) is 1.94. The SMILES string of the molecule is Cc1cccc2c1Oc1cc(NC3CCC(O)CC3)ncc1N(C)C2=O. The van der Waals surface area contributed by atoms with Gasteiger partial charge in [-0.05, 0) is 44.2 Å². The molecule has 1 aromatic heterocycles. The lowest BCUT2D eigenvalue weighted by molar-refractivity contribution is 0.0993. The van der Waals surface area contributed by atoms with Crippen LogP contribution < -0.4 is 15.0 Å². The molecule has 4 rings (SSSR count). The number of hydrogen-bond donors (Lipinski definition) is 2. The monoisotopic (exact) mass is 353 g/mol. The molecule has 1 aromatic carbocycles. The van der Waals surface area contributed by atoms with Crippen molar-refractivity contribution in [1.82, 2.24) is 4.98 Å². The van der Waals surface area contributed by atoms with Gasteiger partial charge in [-0.2, -0.15) is 0 Å². The number of aryl methyl sites for hydroxylation is 1. The first kappa shape index (κ1) is 16.8. The van der Waals surface area contributed by atoms with Crippen LogP contribution in [-0.4, -0.2) is 35.2 Å². The zero-order valence-electron chi connectivity index (χ0n) is 15.0. The normalized spacial score (nSPS) is 22.1. The molecular formula is C20H23N3O3. The Labute approximate surface area is 152 Å². The van der Waals surface area contributed by atoms with Gasteiger partial charge in [0.2, 0.25) is 0 Å². The number of carbonyl (C=O) groups is 1. The second-order valence-corrected chi connectivity index (χ2v) is 7.10. The molecule has 2 aliphatic rings. The van der Waals surface area contributed by atoms with Gasteiger partial charge in [-0.25, -0.2) is 4.98 Å². The number of amides is 1. The van der Waals surface area contributed by atoms with Crippen LogP contribution in [0.15, 0.2) is 30.5 Å². The van der Waals surface area contributed by atoms with Crippen molar-refractivity contribution < 1.29 is 14.6 Å². The standard InChI is InChI=1S/C20H23N3O3/c1-12-4-3-5-15-19(12)26-17-10-18(21-11-16(17)23(2)20(15)25)22-13-6-8-14(24)9-7-13/h3-5,10-11,13-14,24H,6-9H2,1-2H3,(H,21,22). The van der Waals surface area contributed by atoms with Gasteiger partial charge in [0.1, 0.15) is 17.3 Å². The van der Waals surface area contributed by atoms with E-state index in [1.165, 1.54) is 0 Å². The van der Waals surface area contributed by atoms with Crippen LogP contribution in [0.1, 0.15) is 41.6 Å². The summed E-state index contributed by atoms with van der Waals surface area (Å²) in [6.07, 6.45) is 4.94. The smallest absolute Gasteiger partial charge is 0.261 e.